The second-order valence-electron chi connectivity index (χ2n) is 10.6. The molecule has 1 aromatic carbocycles. The van der Waals surface area contributed by atoms with E-state index in [9.17, 15) is 15.0 Å². The predicted molar refractivity (Wildman–Crippen MR) is 137 cm³/mol. The third kappa shape index (κ3) is 12.1. The topological polar surface area (TPSA) is 106 Å². The van der Waals surface area contributed by atoms with Crippen LogP contribution in [-0.2, 0) is 20.8 Å². The molecule has 0 amide bonds. The van der Waals surface area contributed by atoms with Gasteiger partial charge in [-0.3, -0.25) is 9.63 Å². The smallest absolute Gasteiger partial charge is 0.306 e. The maximum atomic E-state index is 11.3. The van der Waals surface area contributed by atoms with E-state index in [2.05, 4.69) is 19.3 Å². The Morgan fingerprint density at radius 3 is 2.29 bits per heavy atom. The molecule has 0 unspecified atom stereocenters. The fraction of sp³-hybridized carbons (Fsp3) is 0.741. The molecule has 0 bridgehead atoms. The summed E-state index contributed by atoms with van der Waals surface area (Å²) in [5, 5.41) is 20.2. The maximum Gasteiger partial charge on any atom is 0.306 e. The van der Waals surface area contributed by atoms with E-state index >= 15 is 0 Å². The van der Waals surface area contributed by atoms with Crippen LogP contribution in [-0.4, -0.2) is 61.4 Å². The zero-order chi connectivity index (χ0) is 26.6. The highest BCUT2D eigenvalue weighted by Gasteiger charge is 2.29. The molecular weight excluding hydrogens is 450 g/mol. The number of methoxy groups -OCH3 is 2. The summed E-state index contributed by atoms with van der Waals surface area (Å²) in [6.07, 6.45) is 1.46. The van der Waals surface area contributed by atoms with E-state index in [1.54, 1.807) is 21.1 Å². The Morgan fingerprint density at radius 2 is 1.74 bits per heavy atom. The van der Waals surface area contributed by atoms with Gasteiger partial charge in [-0.15, -0.1) is 0 Å². The van der Waals surface area contributed by atoms with Gasteiger partial charge in [-0.1, -0.05) is 26.8 Å². The number of carbonyl (C=O) groups is 1. The molecule has 1 aromatic rings. The number of hydrogen-bond acceptors (Lipinski definition) is 7. The molecule has 0 saturated carbocycles. The lowest BCUT2D eigenvalue weighted by atomic mass is 9.82. The Labute approximate surface area is 211 Å². The lowest BCUT2D eigenvalue weighted by molar-refractivity contribution is -0.143. The normalized spacial score (nSPS) is 15.5. The van der Waals surface area contributed by atoms with Crippen molar-refractivity contribution < 1.29 is 34.1 Å². The van der Waals surface area contributed by atoms with Crippen molar-refractivity contribution in [3.8, 4) is 11.5 Å². The summed E-state index contributed by atoms with van der Waals surface area (Å²) < 4.78 is 16.5. The standard InChI is InChI=1S/C27H47NO7/c1-18(2)21(15-20-10-11-24(33-8)25(16-20)34-13-9-12-32-7)17-22(28-35-27(4,5)6)23(29)14-19(3)26(30)31/h10-11,16,18-19,21-23,28-29H,9,12-15,17H2,1-8H3,(H,30,31)/t19-,21+,22+,23+/m1/s1. The monoisotopic (exact) mass is 497 g/mol. The minimum absolute atomic E-state index is 0.146. The van der Waals surface area contributed by atoms with Gasteiger partial charge < -0.3 is 24.4 Å². The summed E-state index contributed by atoms with van der Waals surface area (Å²) >= 11 is 0. The van der Waals surface area contributed by atoms with Gasteiger partial charge in [0.05, 0.1) is 37.4 Å². The Kier molecular flexibility index (Phi) is 13.6. The summed E-state index contributed by atoms with van der Waals surface area (Å²) in [5.74, 6) is 0.344. The molecule has 0 saturated heterocycles. The van der Waals surface area contributed by atoms with Crippen LogP contribution in [0.15, 0.2) is 18.2 Å². The summed E-state index contributed by atoms with van der Waals surface area (Å²) in [6.45, 7) is 12.9. The summed E-state index contributed by atoms with van der Waals surface area (Å²) in [4.78, 5) is 17.1. The first-order valence-corrected chi connectivity index (χ1v) is 12.5. The van der Waals surface area contributed by atoms with Crippen LogP contribution in [0.5, 0.6) is 11.5 Å². The predicted octanol–water partition coefficient (Wildman–Crippen LogP) is 4.48. The van der Waals surface area contributed by atoms with Gasteiger partial charge in [-0.25, -0.2) is 0 Å². The van der Waals surface area contributed by atoms with Crippen LogP contribution in [0, 0.1) is 17.8 Å². The summed E-state index contributed by atoms with van der Waals surface area (Å²) in [6, 6.07) is 5.55. The third-order valence-corrected chi connectivity index (χ3v) is 5.97. The van der Waals surface area contributed by atoms with E-state index in [1.165, 1.54) is 0 Å². The van der Waals surface area contributed by atoms with Crippen molar-refractivity contribution in [2.24, 2.45) is 17.8 Å². The Morgan fingerprint density at radius 1 is 1.06 bits per heavy atom. The van der Waals surface area contributed by atoms with Crippen molar-refractivity contribution in [2.45, 2.75) is 85.0 Å². The highest BCUT2D eigenvalue weighted by atomic mass is 16.7. The molecule has 0 fully saturated rings. The highest BCUT2D eigenvalue weighted by molar-refractivity contribution is 5.69. The van der Waals surface area contributed by atoms with Gasteiger partial charge >= 0.3 is 5.97 Å². The van der Waals surface area contributed by atoms with E-state index in [0.717, 1.165) is 18.4 Å². The Hall–Kier alpha value is -1.87. The molecule has 0 aliphatic heterocycles. The average Bonchev–Trinajstić information content (AvgIpc) is 2.77. The molecule has 8 nitrogen and oxygen atoms in total. The van der Waals surface area contributed by atoms with Gasteiger partial charge in [0.15, 0.2) is 11.5 Å². The lowest BCUT2D eigenvalue weighted by Crippen LogP contribution is -2.46. The van der Waals surface area contributed by atoms with Crippen molar-refractivity contribution in [3.63, 3.8) is 0 Å². The molecule has 0 spiro atoms. The number of carboxylic acids is 1. The third-order valence-electron chi connectivity index (χ3n) is 5.97. The van der Waals surface area contributed by atoms with Gasteiger partial charge in [-0.2, -0.15) is 5.48 Å². The van der Waals surface area contributed by atoms with Crippen molar-refractivity contribution in [1.29, 1.82) is 0 Å². The van der Waals surface area contributed by atoms with Gasteiger partial charge in [0.25, 0.3) is 0 Å². The van der Waals surface area contributed by atoms with Crippen molar-refractivity contribution in [3.05, 3.63) is 23.8 Å². The highest BCUT2D eigenvalue weighted by Crippen LogP contribution is 2.32. The molecule has 0 aromatic heterocycles. The van der Waals surface area contributed by atoms with E-state index < -0.39 is 29.6 Å². The number of aliphatic carboxylic acids is 1. The molecular formula is C27H47NO7. The van der Waals surface area contributed by atoms with E-state index in [4.69, 9.17) is 19.0 Å². The molecule has 0 aliphatic carbocycles. The zero-order valence-electron chi connectivity index (χ0n) is 22.8. The van der Waals surface area contributed by atoms with Crippen LogP contribution >= 0.6 is 0 Å². The second-order valence-corrected chi connectivity index (χ2v) is 10.6. The first kappa shape index (κ1) is 31.2. The number of ether oxygens (including phenoxy) is 3. The van der Waals surface area contributed by atoms with Gasteiger partial charge in [-0.05, 0) is 69.6 Å². The quantitative estimate of drug-likeness (QED) is 0.214. The zero-order valence-corrected chi connectivity index (χ0v) is 22.8. The number of nitrogens with one attached hydrogen (secondary N) is 1. The molecule has 8 heteroatoms. The Balaban J connectivity index is 3.03. The minimum atomic E-state index is -0.920. The number of carboxylic acid groups (broad SMARTS) is 1. The van der Waals surface area contributed by atoms with Gasteiger partial charge in [0.1, 0.15) is 0 Å². The number of benzene rings is 1. The lowest BCUT2D eigenvalue weighted by Gasteiger charge is -2.33. The number of rotatable bonds is 17. The first-order chi connectivity index (χ1) is 16.4. The van der Waals surface area contributed by atoms with Crippen LogP contribution in [0.4, 0.5) is 0 Å². The number of aliphatic hydroxyl groups is 1. The second kappa shape index (κ2) is 15.3. The maximum absolute atomic E-state index is 11.3. The first-order valence-electron chi connectivity index (χ1n) is 12.5. The van der Waals surface area contributed by atoms with Crippen molar-refractivity contribution >= 4 is 5.97 Å². The Bertz CT molecular complexity index is 748. The largest absolute Gasteiger partial charge is 0.493 e. The minimum Gasteiger partial charge on any atom is -0.493 e. The number of hydrogen-bond donors (Lipinski definition) is 3. The molecule has 4 atom stereocenters. The van der Waals surface area contributed by atoms with Crippen LogP contribution in [0.1, 0.15) is 66.4 Å². The van der Waals surface area contributed by atoms with E-state index in [-0.39, 0.29) is 12.3 Å². The van der Waals surface area contributed by atoms with E-state index in [0.29, 0.717) is 37.1 Å². The summed E-state index contributed by atoms with van der Waals surface area (Å²) in [7, 11) is 3.29. The molecule has 1 rings (SSSR count). The van der Waals surface area contributed by atoms with Crippen LogP contribution in [0.3, 0.4) is 0 Å². The van der Waals surface area contributed by atoms with Crippen LogP contribution in [0.2, 0.25) is 0 Å². The molecule has 0 aliphatic rings. The molecule has 3 N–H and O–H groups in total. The fourth-order valence-electron chi connectivity index (χ4n) is 3.73. The molecule has 202 valence electrons. The average molecular weight is 498 g/mol. The van der Waals surface area contributed by atoms with Crippen molar-refractivity contribution in [2.75, 3.05) is 27.4 Å². The summed E-state index contributed by atoms with van der Waals surface area (Å²) in [5.41, 5.74) is 3.70. The molecule has 0 radical (unpaired) electrons. The van der Waals surface area contributed by atoms with Gasteiger partial charge in [0, 0.05) is 20.1 Å². The van der Waals surface area contributed by atoms with Crippen LogP contribution < -0.4 is 15.0 Å². The number of aliphatic hydroxyl groups excluding tert-OH is 1. The van der Waals surface area contributed by atoms with E-state index in [1.807, 2.05) is 39.0 Å². The molecule has 35 heavy (non-hydrogen) atoms. The van der Waals surface area contributed by atoms with Crippen LogP contribution in [0.25, 0.3) is 0 Å². The SMILES string of the molecule is COCCCOc1cc(C[C@@H](C[C@H](NOC(C)(C)C)[C@@H](O)C[C@@H](C)C(=O)O)C(C)C)ccc1OC. The van der Waals surface area contributed by atoms with Crippen molar-refractivity contribution in [1.82, 2.24) is 5.48 Å². The number of hydroxylamine groups is 1. The van der Waals surface area contributed by atoms with Gasteiger partial charge in [0.2, 0.25) is 0 Å². The molecule has 0 heterocycles. The fourth-order valence-corrected chi connectivity index (χ4v) is 3.73.